The van der Waals surface area contributed by atoms with Crippen molar-refractivity contribution in [3.05, 3.63) is 54.5 Å². The van der Waals surface area contributed by atoms with Gasteiger partial charge in [0, 0.05) is 11.1 Å². The molecule has 5 nitrogen and oxygen atoms in total. The molecule has 0 aliphatic heterocycles. The van der Waals surface area contributed by atoms with Gasteiger partial charge in [0.1, 0.15) is 0 Å². The first kappa shape index (κ1) is 12.3. The molecular weight excluding hydrogens is 257 g/mol. The molecule has 0 spiro atoms. The van der Waals surface area contributed by atoms with E-state index in [0.717, 1.165) is 22.7 Å². The fraction of sp³-hybridized carbons (Fsp3) is 0. The van der Waals surface area contributed by atoms with Crippen molar-refractivity contribution in [2.24, 2.45) is 5.84 Å². The number of benzene rings is 2. The van der Waals surface area contributed by atoms with Crippen molar-refractivity contribution in [3.8, 4) is 0 Å². The lowest BCUT2D eigenvalue weighted by Crippen LogP contribution is -2.12. The molecule has 100 valence electrons. The highest BCUT2D eigenvalue weighted by Gasteiger charge is 2.08. The summed E-state index contributed by atoms with van der Waals surface area (Å²) in [5.74, 6) is 4.90. The van der Waals surface area contributed by atoms with Crippen LogP contribution in [-0.2, 0) is 0 Å². The number of nitrogens with two attached hydrogens (primary N) is 1. The number of hydrazine groups is 1. The fourth-order valence-corrected chi connectivity index (χ4v) is 1.99. The highest BCUT2D eigenvalue weighted by Crippen LogP contribution is 2.26. The minimum absolute atomic E-state index is 0.0734. The van der Waals surface area contributed by atoms with Gasteiger partial charge in [-0.3, -0.25) is 5.43 Å². The van der Waals surface area contributed by atoms with Gasteiger partial charge in [0.05, 0.1) is 6.20 Å². The summed E-state index contributed by atoms with van der Waals surface area (Å²) in [6.45, 7) is 0. The van der Waals surface area contributed by atoms with E-state index in [1.807, 2.05) is 42.5 Å². The first-order valence-electron chi connectivity index (χ1n) is 6.02. The molecule has 3 rings (SSSR count). The number of rotatable bonds is 3. The Hall–Kier alpha value is -2.73. The van der Waals surface area contributed by atoms with Crippen molar-refractivity contribution in [1.29, 1.82) is 0 Å². The van der Waals surface area contributed by atoms with Crippen LogP contribution in [0.15, 0.2) is 48.7 Å². The average molecular weight is 269 g/mol. The van der Waals surface area contributed by atoms with Gasteiger partial charge in [-0.15, -0.1) is 0 Å². The minimum Gasteiger partial charge on any atom is -0.337 e. The van der Waals surface area contributed by atoms with E-state index in [1.165, 1.54) is 0 Å². The lowest BCUT2D eigenvalue weighted by atomic mass is 10.1. The second-order valence-electron chi connectivity index (χ2n) is 4.19. The Kier molecular flexibility index (Phi) is 3.14. The average Bonchev–Trinajstić information content (AvgIpc) is 2.50. The van der Waals surface area contributed by atoms with Crippen LogP contribution in [-0.4, -0.2) is 9.97 Å². The maximum absolute atomic E-state index is 13.7. The van der Waals surface area contributed by atoms with Crippen molar-refractivity contribution in [3.63, 3.8) is 0 Å². The van der Waals surface area contributed by atoms with Crippen LogP contribution in [0.4, 0.5) is 21.8 Å². The van der Waals surface area contributed by atoms with Crippen LogP contribution in [0.2, 0.25) is 0 Å². The molecular formula is C14H12FN5. The third kappa shape index (κ3) is 2.24. The highest BCUT2D eigenvalue weighted by atomic mass is 19.1. The summed E-state index contributed by atoms with van der Waals surface area (Å²) in [5.41, 5.74) is 3.06. The van der Waals surface area contributed by atoms with Crippen molar-refractivity contribution >= 4 is 28.2 Å². The molecule has 20 heavy (non-hydrogen) atoms. The maximum Gasteiger partial charge on any atom is 0.239 e. The molecule has 0 aliphatic rings. The molecule has 0 amide bonds. The molecule has 4 N–H and O–H groups in total. The first-order valence-corrected chi connectivity index (χ1v) is 6.02. The lowest BCUT2D eigenvalue weighted by molar-refractivity contribution is 0.619. The number of fused-ring (bicyclic) bond motifs is 1. The minimum atomic E-state index is -0.545. The Bertz CT molecular complexity index is 754. The maximum atomic E-state index is 13.7. The predicted molar refractivity (Wildman–Crippen MR) is 77.0 cm³/mol. The van der Waals surface area contributed by atoms with Gasteiger partial charge in [-0.1, -0.05) is 36.4 Å². The molecule has 2 aromatic carbocycles. The van der Waals surface area contributed by atoms with Crippen molar-refractivity contribution < 1.29 is 4.39 Å². The van der Waals surface area contributed by atoms with Crippen molar-refractivity contribution in [2.45, 2.75) is 0 Å². The molecule has 1 aromatic heterocycles. The third-order valence-electron chi connectivity index (χ3n) is 2.92. The van der Waals surface area contributed by atoms with Crippen molar-refractivity contribution in [1.82, 2.24) is 9.97 Å². The van der Waals surface area contributed by atoms with E-state index in [0.29, 0.717) is 0 Å². The van der Waals surface area contributed by atoms with Crippen molar-refractivity contribution in [2.75, 3.05) is 10.7 Å². The van der Waals surface area contributed by atoms with E-state index in [-0.39, 0.29) is 11.8 Å². The largest absolute Gasteiger partial charge is 0.337 e. The summed E-state index contributed by atoms with van der Waals surface area (Å²) in [4.78, 5) is 7.66. The molecule has 0 fully saturated rings. The molecule has 6 heteroatoms. The van der Waals surface area contributed by atoms with E-state index in [4.69, 9.17) is 5.84 Å². The SMILES string of the molecule is NNc1ncc(F)c(Nc2cccc3ccccc23)n1. The number of aromatic nitrogens is 2. The Morgan fingerprint density at radius 1 is 1.05 bits per heavy atom. The fourth-order valence-electron chi connectivity index (χ4n) is 1.99. The van der Waals surface area contributed by atoms with Gasteiger partial charge in [0.25, 0.3) is 0 Å². The molecule has 0 saturated heterocycles. The topological polar surface area (TPSA) is 75.9 Å². The van der Waals surface area contributed by atoms with Gasteiger partial charge in [0.15, 0.2) is 11.6 Å². The number of hydrogen-bond acceptors (Lipinski definition) is 5. The van der Waals surface area contributed by atoms with E-state index in [1.54, 1.807) is 0 Å². The summed E-state index contributed by atoms with van der Waals surface area (Å²) in [5, 5.41) is 5.01. The molecule has 1 heterocycles. The van der Waals surface area contributed by atoms with Gasteiger partial charge >= 0.3 is 0 Å². The molecule has 0 aliphatic carbocycles. The summed E-state index contributed by atoms with van der Waals surface area (Å²) in [6.07, 6.45) is 1.07. The number of anilines is 3. The van der Waals surface area contributed by atoms with Crippen LogP contribution in [0.25, 0.3) is 10.8 Å². The zero-order valence-corrected chi connectivity index (χ0v) is 10.5. The Morgan fingerprint density at radius 3 is 2.70 bits per heavy atom. The number of nitrogens with zero attached hydrogens (tertiary/aromatic N) is 2. The van der Waals surface area contributed by atoms with Crippen LogP contribution >= 0.6 is 0 Å². The Labute approximate surface area is 114 Å². The van der Waals surface area contributed by atoms with E-state index < -0.39 is 5.82 Å². The second kappa shape index (κ2) is 5.10. The zero-order chi connectivity index (χ0) is 13.9. The number of nitrogen functional groups attached to an aromatic ring is 1. The number of halogens is 1. The Morgan fingerprint density at radius 2 is 1.85 bits per heavy atom. The van der Waals surface area contributed by atoms with Crippen LogP contribution < -0.4 is 16.6 Å². The Balaban J connectivity index is 2.05. The lowest BCUT2D eigenvalue weighted by Gasteiger charge is -2.10. The number of hydrogen-bond donors (Lipinski definition) is 3. The van der Waals surface area contributed by atoms with Gasteiger partial charge in [-0.2, -0.15) is 4.98 Å². The summed E-state index contributed by atoms with van der Waals surface area (Å²) < 4.78 is 13.7. The van der Waals surface area contributed by atoms with E-state index in [9.17, 15) is 4.39 Å². The molecule has 0 bridgehead atoms. The first-order chi connectivity index (χ1) is 9.78. The van der Waals surface area contributed by atoms with Gasteiger partial charge in [0.2, 0.25) is 5.95 Å². The third-order valence-corrected chi connectivity index (χ3v) is 2.92. The summed E-state index contributed by atoms with van der Waals surface area (Å²) in [6, 6.07) is 13.6. The highest BCUT2D eigenvalue weighted by molar-refractivity contribution is 5.95. The predicted octanol–water partition coefficient (Wildman–Crippen LogP) is 2.80. The summed E-state index contributed by atoms with van der Waals surface area (Å²) in [7, 11) is 0. The normalized spacial score (nSPS) is 10.5. The van der Waals surface area contributed by atoms with Crippen LogP contribution in [0.5, 0.6) is 0 Å². The monoisotopic (exact) mass is 269 g/mol. The summed E-state index contributed by atoms with van der Waals surface area (Å²) >= 11 is 0. The van der Waals surface area contributed by atoms with Crippen LogP contribution in [0.3, 0.4) is 0 Å². The van der Waals surface area contributed by atoms with Crippen LogP contribution in [0, 0.1) is 5.82 Å². The zero-order valence-electron chi connectivity index (χ0n) is 10.5. The molecule has 3 aromatic rings. The van der Waals surface area contributed by atoms with Gasteiger partial charge in [-0.25, -0.2) is 15.2 Å². The molecule has 0 radical (unpaired) electrons. The van der Waals surface area contributed by atoms with Gasteiger partial charge < -0.3 is 5.32 Å². The standard InChI is InChI=1S/C14H12FN5/c15-11-8-17-14(20-16)19-13(11)18-12-7-3-5-9-4-1-2-6-10(9)12/h1-8H,16H2,(H2,17,18,19,20). The number of nitrogens with one attached hydrogen (secondary N) is 2. The molecule has 0 atom stereocenters. The van der Waals surface area contributed by atoms with E-state index in [2.05, 4.69) is 20.7 Å². The molecule has 0 saturated carbocycles. The molecule has 0 unspecified atom stereocenters. The smallest absolute Gasteiger partial charge is 0.239 e. The quantitative estimate of drug-likeness (QED) is 0.503. The van der Waals surface area contributed by atoms with Crippen LogP contribution in [0.1, 0.15) is 0 Å². The van der Waals surface area contributed by atoms with Gasteiger partial charge in [-0.05, 0) is 11.5 Å². The second-order valence-corrected chi connectivity index (χ2v) is 4.19. The van der Waals surface area contributed by atoms with E-state index >= 15 is 0 Å².